The maximum Gasteiger partial charge on any atom is 0.255 e. The summed E-state index contributed by atoms with van der Waals surface area (Å²) >= 11 is 0. The van der Waals surface area contributed by atoms with Gasteiger partial charge in [-0.2, -0.15) is 5.10 Å². The van der Waals surface area contributed by atoms with E-state index in [9.17, 15) is 4.79 Å². The van der Waals surface area contributed by atoms with Crippen LogP contribution in [0.25, 0.3) is 27.8 Å². The first-order chi connectivity index (χ1) is 19.0. The molecule has 8 heteroatoms. The first-order valence-electron chi connectivity index (χ1n) is 14.6. The SMILES string of the molecule is Cc1c(-c2cc3ccc(N4CCOCC4)cc3n2CC2CC2)nn2cc(C(=O)N3CC4CCC3[C@@H]4N)ccc12. The van der Waals surface area contributed by atoms with Crippen molar-refractivity contribution >= 4 is 28.0 Å². The Kier molecular flexibility index (Phi) is 5.32. The van der Waals surface area contributed by atoms with E-state index in [1.54, 1.807) is 0 Å². The third-order valence-corrected chi connectivity index (χ3v) is 9.68. The largest absolute Gasteiger partial charge is 0.378 e. The highest BCUT2D eigenvalue weighted by Gasteiger charge is 2.46. The number of aromatic nitrogens is 3. The molecular weight excluding hydrogens is 488 g/mol. The van der Waals surface area contributed by atoms with Crippen LogP contribution in [-0.2, 0) is 11.3 Å². The van der Waals surface area contributed by atoms with Gasteiger partial charge in [-0.25, -0.2) is 4.52 Å². The van der Waals surface area contributed by atoms with E-state index in [-0.39, 0.29) is 18.0 Å². The van der Waals surface area contributed by atoms with Crippen LogP contribution >= 0.6 is 0 Å². The molecule has 2 aliphatic carbocycles. The normalized spacial score (nSPS) is 24.9. The Hall–Kier alpha value is -3.36. The lowest BCUT2D eigenvalue weighted by Crippen LogP contribution is -2.41. The third kappa shape index (κ3) is 3.79. The number of carbonyl (C=O) groups is 1. The average molecular weight is 525 g/mol. The number of anilines is 1. The average Bonchev–Trinajstić information content (AvgIpc) is 3.38. The van der Waals surface area contributed by atoms with Gasteiger partial charge in [0.2, 0.25) is 0 Å². The molecule has 39 heavy (non-hydrogen) atoms. The minimum atomic E-state index is 0.0766. The number of aryl methyl sites for hydroxylation is 1. The van der Waals surface area contributed by atoms with Gasteiger partial charge >= 0.3 is 0 Å². The third-order valence-electron chi connectivity index (χ3n) is 9.68. The van der Waals surface area contributed by atoms with Crippen LogP contribution in [0.4, 0.5) is 5.69 Å². The van der Waals surface area contributed by atoms with Gasteiger partial charge in [0, 0.05) is 61.1 Å². The minimum absolute atomic E-state index is 0.0766. The summed E-state index contributed by atoms with van der Waals surface area (Å²) in [4.78, 5) is 17.9. The molecule has 2 bridgehead atoms. The summed E-state index contributed by atoms with van der Waals surface area (Å²) in [7, 11) is 0. The van der Waals surface area contributed by atoms with Crippen molar-refractivity contribution in [1.29, 1.82) is 0 Å². The van der Waals surface area contributed by atoms with Gasteiger partial charge in [0.25, 0.3) is 5.91 Å². The molecule has 5 heterocycles. The van der Waals surface area contributed by atoms with Crippen LogP contribution in [0.2, 0.25) is 0 Å². The molecule has 1 amide bonds. The lowest BCUT2D eigenvalue weighted by atomic mass is 10.1. The number of pyridine rings is 1. The highest BCUT2D eigenvalue weighted by Crippen LogP contribution is 2.39. The molecule has 202 valence electrons. The van der Waals surface area contributed by atoms with E-state index in [0.717, 1.165) is 80.6 Å². The van der Waals surface area contributed by atoms with Crippen molar-refractivity contribution in [2.75, 3.05) is 37.7 Å². The molecular formula is C31H36N6O2. The van der Waals surface area contributed by atoms with Gasteiger partial charge < -0.3 is 24.8 Å². The lowest BCUT2D eigenvalue weighted by molar-refractivity contribution is 0.0700. The molecule has 0 spiro atoms. The zero-order chi connectivity index (χ0) is 26.2. The van der Waals surface area contributed by atoms with E-state index in [0.29, 0.717) is 11.5 Å². The van der Waals surface area contributed by atoms with Crippen LogP contribution in [0.3, 0.4) is 0 Å². The number of likely N-dealkylation sites (tertiary alicyclic amines) is 1. The molecule has 3 aromatic heterocycles. The van der Waals surface area contributed by atoms with E-state index >= 15 is 0 Å². The molecule has 4 aliphatic rings. The van der Waals surface area contributed by atoms with Gasteiger partial charge in [0.15, 0.2) is 0 Å². The summed E-state index contributed by atoms with van der Waals surface area (Å²) in [6, 6.07) is 13.4. The van der Waals surface area contributed by atoms with Crippen LogP contribution in [0.5, 0.6) is 0 Å². The lowest BCUT2D eigenvalue weighted by Gasteiger charge is -2.29. The number of hydrogen-bond donors (Lipinski definition) is 1. The van der Waals surface area contributed by atoms with E-state index in [2.05, 4.69) is 46.7 Å². The predicted octanol–water partition coefficient (Wildman–Crippen LogP) is 4.07. The summed E-state index contributed by atoms with van der Waals surface area (Å²) in [5, 5.41) is 6.33. The van der Waals surface area contributed by atoms with Crippen LogP contribution in [0, 0.1) is 18.8 Å². The van der Waals surface area contributed by atoms with Crippen molar-refractivity contribution in [3.05, 3.63) is 53.7 Å². The van der Waals surface area contributed by atoms with Crippen LogP contribution < -0.4 is 10.6 Å². The number of nitrogens with two attached hydrogens (primary N) is 1. The predicted molar refractivity (Wildman–Crippen MR) is 152 cm³/mol. The van der Waals surface area contributed by atoms with Crippen molar-refractivity contribution in [1.82, 2.24) is 19.1 Å². The van der Waals surface area contributed by atoms with Gasteiger partial charge in [-0.3, -0.25) is 4.79 Å². The molecule has 2 aliphatic heterocycles. The van der Waals surface area contributed by atoms with Gasteiger partial charge in [0.1, 0.15) is 5.69 Å². The zero-order valence-corrected chi connectivity index (χ0v) is 22.6. The van der Waals surface area contributed by atoms with Crippen molar-refractivity contribution < 1.29 is 9.53 Å². The second-order valence-corrected chi connectivity index (χ2v) is 12.1. The Labute approximate surface area is 228 Å². The van der Waals surface area contributed by atoms with Crippen molar-refractivity contribution in [2.45, 2.75) is 51.2 Å². The first kappa shape index (κ1) is 23.5. The number of rotatable bonds is 5. The maximum atomic E-state index is 13.5. The molecule has 2 N–H and O–H groups in total. The standard InChI is InChI=1S/C31H36N6O2/c1-19-25-8-6-23(31(38)36-17-22-5-9-26(36)29(22)32)18-37(25)33-30(19)28-14-21-4-7-24(34-10-12-39-13-11-34)15-27(21)35(28)16-20-2-3-20/h4,6-8,14-15,18,20,22,26,29H,2-3,5,9-13,16-17,32H2,1H3/t22?,26?,29-/m1/s1. The van der Waals surface area contributed by atoms with Gasteiger partial charge in [0.05, 0.1) is 35.5 Å². The Morgan fingerprint density at radius 3 is 2.64 bits per heavy atom. The number of nitrogens with zero attached hydrogens (tertiary/aromatic N) is 5. The molecule has 2 saturated carbocycles. The fourth-order valence-electron chi connectivity index (χ4n) is 7.20. The van der Waals surface area contributed by atoms with Crippen LogP contribution in [-0.4, -0.2) is 69.9 Å². The van der Waals surface area contributed by atoms with Gasteiger partial charge in [-0.1, -0.05) is 6.07 Å². The molecule has 4 aromatic rings. The monoisotopic (exact) mass is 524 g/mol. The number of amides is 1. The van der Waals surface area contributed by atoms with Crippen LogP contribution in [0.1, 0.15) is 41.6 Å². The molecule has 2 unspecified atom stereocenters. The maximum absolute atomic E-state index is 13.5. The highest BCUT2D eigenvalue weighted by molar-refractivity contribution is 5.95. The van der Waals surface area contributed by atoms with Crippen LogP contribution in [0.15, 0.2) is 42.6 Å². The number of hydrogen-bond acceptors (Lipinski definition) is 5. The quantitative estimate of drug-likeness (QED) is 0.426. The first-order valence-corrected chi connectivity index (χ1v) is 14.6. The highest BCUT2D eigenvalue weighted by atomic mass is 16.5. The number of ether oxygens (including phenoxy) is 1. The molecule has 3 atom stereocenters. The van der Waals surface area contributed by atoms with Crippen molar-refractivity contribution in [2.24, 2.45) is 17.6 Å². The molecule has 4 fully saturated rings. The fraction of sp³-hybridized carbons (Fsp3) is 0.484. The number of carbonyl (C=O) groups excluding carboxylic acids is 1. The number of morpholine rings is 1. The van der Waals surface area contributed by atoms with Crippen molar-refractivity contribution in [3.8, 4) is 11.4 Å². The number of fused-ring (bicyclic) bond motifs is 4. The summed E-state index contributed by atoms with van der Waals surface area (Å²) in [6.07, 6.45) is 6.65. The summed E-state index contributed by atoms with van der Waals surface area (Å²) in [5.41, 5.74) is 13.9. The van der Waals surface area contributed by atoms with E-state index in [1.807, 2.05) is 21.7 Å². The van der Waals surface area contributed by atoms with Crippen molar-refractivity contribution in [3.63, 3.8) is 0 Å². The molecule has 0 radical (unpaired) electrons. The smallest absolute Gasteiger partial charge is 0.255 e. The number of benzene rings is 1. The van der Waals surface area contributed by atoms with E-state index < -0.39 is 0 Å². The molecule has 1 aromatic carbocycles. The zero-order valence-electron chi connectivity index (χ0n) is 22.6. The second-order valence-electron chi connectivity index (χ2n) is 12.1. The summed E-state index contributed by atoms with van der Waals surface area (Å²) < 4.78 is 9.97. The Balaban J connectivity index is 1.18. The second kappa shape index (κ2) is 8.83. The van der Waals surface area contributed by atoms with Gasteiger partial charge in [-0.15, -0.1) is 0 Å². The van der Waals surface area contributed by atoms with Gasteiger partial charge in [-0.05, 0) is 74.8 Å². The fourth-order valence-corrected chi connectivity index (χ4v) is 7.20. The molecule has 8 nitrogen and oxygen atoms in total. The Morgan fingerprint density at radius 1 is 1.05 bits per heavy atom. The minimum Gasteiger partial charge on any atom is -0.378 e. The number of piperidine rings is 1. The molecule has 8 rings (SSSR count). The van der Waals surface area contributed by atoms with E-state index in [4.69, 9.17) is 15.6 Å². The molecule has 2 saturated heterocycles. The Morgan fingerprint density at radius 2 is 1.90 bits per heavy atom. The Bertz CT molecular complexity index is 1590. The summed E-state index contributed by atoms with van der Waals surface area (Å²) in [5.74, 6) is 1.25. The topological polar surface area (TPSA) is 81.0 Å². The summed E-state index contributed by atoms with van der Waals surface area (Å²) in [6.45, 7) is 7.36. The van der Waals surface area contributed by atoms with E-state index in [1.165, 1.54) is 29.4 Å².